The van der Waals surface area contributed by atoms with Crippen LogP contribution in [0.1, 0.15) is 60.6 Å². The second-order valence-electron chi connectivity index (χ2n) is 10.9. The molecule has 1 heterocycles. The van der Waals surface area contributed by atoms with E-state index in [1.54, 1.807) is 0 Å². The van der Waals surface area contributed by atoms with E-state index >= 15 is 0 Å². The summed E-state index contributed by atoms with van der Waals surface area (Å²) in [5.74, 6) is 0. The van der Waals surface area contributed by atoms with Gasteiger partial charge in [0.25, 0.3) is 0 Å². The van der Waals surface area contributed by atoms with Crippen molar-refractivity contribution in [3.8, 4) is 0 Å². The number of rotatable bonds is 9. The Morgan fingerprint density at radius 3 is 2.24 bits per heavy atom. The molecule has 0 aromatic heterocycles. The minimum Gasteiger partial charge on any atom is -0.369 e. The summed E-state index contributed by atoms with van der Waals surface area (Å²) in [6.45, 7) is 8.38. The number of hydrogen-bond donors (Lipinski definition) is 1. The second-order valence-corrected chi connectivity index (χ2v) is 10.9. The van der Waals surface area contributed by atoms with E-state index in [-0.39, 0.29) is 0 Å². The lowest BCUT2D eigenvalue weighted by Crippen LogP contribution is -2.49. The van der Waals surface area contributed by atoms with Gasteiger partial charge in [0.2, 0.25) is 0 Å². The Balaban J connectivity index is 1.53. The standard InChI is InChI=1S/C35H42N2O/c1-5-28-17-12-18-29(6-2)34(28)33-23-35(38-4,22-26(3)36-33)25-37(24-27-13-8-7-9-14-27)32-20-19-30-15-10-11-16-31(30)21-32/h7-18,22-23,32,36H,5-6,19-21,24-25H2,1-4H3. The van der Waals surface area contributed by atoms with Crippen molar-refractivity contribution in [2.75, 3.05) is 13.7 Å². The maximum Gasteiger partial charge on any atom is 0.121 e. The predicted molar refractivity (Wildman–Crippen MR) is 159 cm³/mol. The van der Waals surface area contributed by atoms with Crippen LogP contribution in [-0.4, -0.2) is 30.2 Å². The van der Waals surface area contributed by atoms with Gasteiger partial charge in [0.05, 0.1) is 0 Å². The zero-order valence-electron chi connectivity index (χ0n) is 23.5. The molecule has 2 aliphatic rings. The zero-order chi connectivity index (χ0) is 26.5. The van der Waals surface area contributed by atoms with E-state index in [0.717, 1.165) is 44.5 Å². The summed E-state index contributed by atoms with van der Waals surface area (Å²) in [7, 11) is 1.87. The molecule has 38 heavy (non-hydrogen) atoms. The Bertz CT molecular complexity index is 1290. The molecule has 1 N–H and O–H groups in total. The number of dihydropyridines is 1. The van der Waals surface area contributed by atoms with Crippen molar-refractivity contribution in [2.45, 2.75) is 71.1 Å². The van der Waals surface area contributed by atoms with Gasteiger partial charge in [-0.3, -0.25) is 4.90 Å². The van der Waals surface area contributed by atoms with E-state index in [0.29, 0.717) is 6.04 Å². The van der Waals surface area contributed by atoms with Gasteiger partial charge in [-0.2, -0.15) is 0 Å². The third-order valence-electron chi connectivity index (χ3n) is 8.35. The molecular formula is C35H42N2O. The van der Waals surface area contributed by atoms with E-state index in [1.807, 2.05) is 7.11 Å². The average molecular weight is 507 g/mol. The lowest BCUT2D eigenvalue weighted by molar-refractivity contribution is 0.0173. The number of aryl methyl sites for hydroxylation is 3. The summed E-state index contributed by atoms with van der Waals surface area (Å²) in [4.78, 5) is 2.67. The van der Waals surface area contributed by atoms with Gasteiger partial charge >= 0.3 is 0 Å². The number of ether oxygens (including phenoxy) is 1. The van der Waals surface area contributed by atoms with Crippen molar-refractivity contribution >= 4 is 5.70 Å². The van der Waals surface area contributed by atoms with Gasteiger partial charge in [-0.1, -0.05) is 86.6 Å². The minimum absolute atomic E-state index is 0.465. The SMILES string of the molecule is CCc1cccc(CC)c1C1=CC(CN(Cc2ccccc2)C2CCc3ccccc3C2)(OC)C=C(C)N1. The van der Waals surface area contributed by atoms with Crippen molar-refractivity contribution in [3.63, 3.8) is 0 Å². The first-order valence-electron chi connectivity index (χ1n) is 14.2. The van der Waals surface area contributed by atoms with Crippen molar-refractivity contribution in [2.24, 2.45) is 0 Å². The number of hydrogen-bond acceptors (Lipinski definition) is 3. The molecule has 0 radical (unpaired) electrons. The highest BCUT2D eigenvalue weighted by molar-refractivity contribution is 5.73. The molecule has 198 valence electrons. The van der Waals surface area contributed by atoms with Crippen molar-refractivity contribution < 1.29 is 4.74 Å². The first kappa shape index (κ1) is 26.5. The summed E-state index contributed by atoms with van der Waals surface area (Å²) in [5.41, 5.74) is 10.3. The lowest BCUT2D eigenvalue weighted by atomic mass is 9.85. The Morgan fingerprint density at radius 1 is 0.868 bits per heavy atom. The van der Waals surface area contributed by atoms with Crippen molar-refractivity contribution in [1.29, 1.82) is 0 Å². The summed E-state index contributed by atoms with van der Waals surface area (Å²) >= 11 is 0. The third kappa shape index (κ3) is 5.65. The van der Waals surface area contributed by atoms with Crippen LogP contribution in [0.3, 0.4) is 0 Å². The molecule has 2 unspecified atom stereocenters. The van der Waals surface area contributed by atoms with Gasteiger partial charge in [0.1, 0.15) is 5.60 Å². The molecule has 1 aliphatic heterocycles. The van der Waals surface area contributed by atoms with Gasteiger partial charge in [-0.15, -0.1) is 0 Å². The summed E-state index contributed by atoms with van der Waals surface area (Å²) in [5, 5.41) is 3.71. The number of benzene rings is 3. The van der Waals surface area contributed by atoms with Crippen LogP contribution in [0.2, 0.25) is 0 Å². The molecule has 0 spiro atoms. The number of nitrogens with one attached hydrogen (secondary N) is 1. The highest BCUT2D eigenvalue weighted by Gasteiger charge is 2.35. The zero-order valence-corrected chi connectivity index (χ0v) is 23.5. The van der Waals surface area contributed by atoms with Crippen LogP contribution in [0.5, 0.6) is 0 Å². The van der Waals surface area contributed by atoms with Gasteiger partial charge in [-0.05, 0) is 79.0 Å². The normalized spacial score (nSPS) is 20.9. The number of methoxy groups -OCH3 is 1. The molecule has 0 saturated carbocycles. The van der Waals surface area contributed by atoms with Crippen LogP contribution < -0.4 is 5.32 Å². The Labute approximate surface area is 229 Å². The summed E-state index contributed by atoms with van der Waals surface area (Å²) in [6.07, 6.45) is 10.0. The first-order chi connectivity index (χ1) is 18.5. The van der Waals surface area contributed by atoms with Crippen LogP contribution in [0, 0.1) is 0 Å². The molecule has 0 fully saturated rings. The number of nitrogens with zero attached hydrogens (tertiary/aromatic N) is 1. The molecule has 3 aromatic carbocycles. The Morgan fingerprint density at radius 2 is 1.55 bits per heavy atom. The van der Waals surface area contributed by atoms with Gasteiger partial charge < -0.3 is 10.1 Å². The predicted octanol–water partition coefficient (Wildman–Crippen LogP) is 7.10. The van der Waals surface area contributed by atoms with E-state index in [9.17, 15) is 0 Å². The summed E-state index contributed by atoms with van der Waals surface area (Å²) < 4.78 is 6.44. The lowest BCUT2D eigenvalue weighted by Gasteiger charge is -2.42. The van der Waals surface area contributed by atoms with Gasteiger partial charge in [-0.25, -0.2) is 0 Å². The molecule has 3 heteroatoms. The number of fused-ring (bicyclic) bond motifs is 1. The molecule has 0 bridgehead atoms. The fraction of sp³-hybridized carbons (Fsp3) is 0.371. The summed E-state index contributed by atoms with van der Waals surface area (Å²) in [6, 6.07) is 27.1. The second kappa shape index (κ2) is 11.7. The van der Waals surface area contributed by atoms with E-state index in [4.69, 9.17) is 4.74 Å². The Kier molecular flexibility index (Phi) is 8.16. The highest BCUT2D eigenvalue weighted by atomic mass is 16.5. The monoisotopic (exact) mass is 506 g/mol. The molecule has 3 nitrogen and oxygen atoms in total. The van der Waals surface area contributed by atoms with Crippen LogP contribution in [0.4, 0.5) is 0 Å². The maximum absolute atomic E-state index is 6.44. The maximum atomic E-state index is 6.44. The fourth-order valence-electron chi connectivity index (χ4n) is 6.37. The Hall–Kier alpha value is -3.14. The molecule has 0 saturated heterocycles. The van der Waals surface area contributed by atoms with Crippen LogP contribution >= 0.6 is 0 Å². The molecule has 0 amide bonds. The first-order valence-corrected chi connectivity index (χ1v) is 14.2. The van der Waals surface area contributed by atoms with Gasteiger partial charge in [0.15, 0.2) is 0 Å². The molecule has 2 atom stereocenters. The molecule has 5 rings (SSSR count). The van der Waals surface area contributed by atoms with Crippen molar-refractivity contribution in [1.82, 2.24) is 10.2 Å². The molecule has 3 aromatic rings. The largest absolute Gasteiger partial charge is 0.369 e. The van der Waals surface area contributed by atoms with Crippen LogP contribution in [0.25, 0.3) is 5.70 Å². The van der Waals surface area contributed by atoms with E-state index in [2.05, 4.69) is 116 Å². The third-order valence-corrected chi connectivity index (χ3v) is 8.35. The fourth-order valence-corrected chi connectivity index (χ4v) is 6.37. The quantitative estimate of drug-likeness (QED) is 0.335. The van der Waals surface area contributed by atoms with Crippen LogP contribution in [-0.2, 0) is 37.0 Å². The minimum atomic E-state index is -0.512. The van der Waals surface area contributed by atoms with E-state index < -0.39 is 5.60 Å². The number of allylic oxidation sites excluding steroid dienone is 1. The topological polar surface area (TPSA) is 24.5 Å². The molecular weight excluding hydrogens is 464 g/mol. The average Bonchev–Trinajstić information content (AvgIpc) is 2.96. The smallest absolute Gasteiger partial charge is 0.121 e. The highest BCUT2D eigenvalue weighted by Crippen LogP contribution is 2.34. The molecule has 1 aliphatic carbocycles. The van der Waals surface area contributed by atoms with Crippen LogP contribution in [0.15, 0.2) is 90.6 Å². The van der Waals surface area contributed by atoms with Gasteiger partial charge in [0, 0.05) is 43.2 Å². The van der Waals surface area contributed by atoms with Crippen molar-refractivity contribution in [3.05, 3.63) is 124 Å². The van der Waals surface area contributed by atoms with E-state index in [1.165, 1.54) is 45.5 Å².